The summed E-state index contributed by atoms with van der Waals surface area (Å²) in [6.45, 7) is 6.90. The number of ether oxygens (including phenoxy) is 1. The van der Waals surface area contributed by atoms with Crippen molar-refractivity contribution in [3.63, 3.8) is 0 Å². The Morgan fingerprint density at radius 1 is 1.18 bits per heavy atom. The van der Waals surface area contributed by atoms with Crippen LogP contribution >= 0.6 is 0 Å². The van der Waals surface area contributed by atoms with Gasteiger partial charge in [0.05, 0.1) is 6.61 Å². The van der Waals surface area contributed by atoms with Crippen molar-refractivity contribution in [2.24, 2.45) is 0 Å². The lowest BCUT2D eigenvalue weighted by atomic mass is 10.0. The van der Waals surface area contributed by atoms with Gasteiger partial charge in [0.2, 0.25) is 5.95 Å². The molecule has 3 heterocycles. The quantitative estimate of drug-likeness (QED) is 0.757. The third kappa shape index (κ3) is 3.05. The van der Waals surface area contributed by atoms with Crippen LogP contribution in [0.1, 0.15) is 6.92 Å². The van der Waals surface area contributed by atoms with Gasteiger partial charge in [-0.1, -0.05) is 0 Å². The molecule has 0 aliphatic carbocycles. The molecule has 0 unspecified atom stereocenters. The molecule has 0 spiro atoms. The highest BCUT2D eigenvalue weighted by atomic mass is 16.5. The van der Waals surface area contributed by atoms with Crippen molar-refractivity contribution in [2.45, 2.75) is 12.5 Å². The summed E-state index contributed by atoms with van der Waals surface area (Å²) in [6.07, 6.45) is 3.49. The van der Waals surface area contributed by atoms with Crippen molar-refractivity contribution in [1.29, 1.82) is 0 Å². The lowest BCUT2D eigenvalue weighted by molar-refractivity contribution is -0.166. The van der Waals surface area contributed by atoms with Gasteiger partial charge < -0.3 is 19.4 Å². The molecule has 1 aromatic rings. The van der Waals surface area contributed by atoms with Crippen LogP contribution in [-0.2, 0) is 9.53 Å². The van der Waals surface area contributed by atoms with Crippen LogP contribution in [0.2, 0.25) is 0 Å². The first kappa shape index (κ1) is 15.2. The zero-order valence-electron chi connectivity index (χ0n) is 13.2. The Morgan fingerprint density at radius 3 is 2.50 bits per heavy atom. The fraction of sp³-hybridized carbons (Fsp3) is 0.667. The molecule has 2 aliphatic rings. The number of anilines is 1. The molecule has 120 valence electrons. The van der Waals surface area contributed by atoms with E-state index in [0.717, 1.165) is 25.6 Å². The van der Waals surface area contributed by atoms with E-state index >= 15 is 0 Å². The van der Waals surface area contributed by atoms with E-state index in [1.807, 2.05) is 18.9 Å². The molecule has 0 aromatic carbocycles. The number of likely N-dealkylation sites (N-methyl/N-ethyl adjacent to an activating group) is 1. The number of carbonyl (C=O) groups excluding carboxylic acids is 1. The summed E-state index contributed by atoms with van der Waals surface area (Å²) in [5.41, 5.74) is -0.724. The van der Waals surface area contributed by atoms with Gasteiger partial charge in [0, 0.05) is 51.7 Å². The zero-order chi connectivity index (χ0) is 15.6. The second-order valence-electron chi connectivity index (χ2n) is 6.15. The SMILES string of the molecule is CN1CCO[C@](C)(C(=O)N2CCN(c3ncccn3)CC2)C1. The largest absolute Gasteiger partial charge is 0.363 e. The van der Waals surface area contributed by atoms with Crippen molar-refractivity contribution < 1.29 is 9.53 Å². The molecule has 2 fully saturated rings. The Hall–Kier alpha value is -1.73. The standard InChI is InChI=1S/C15H23N5O2/c1-15(12-18(2)10-11-22-15)13(21)19-6-8-20(9-7-19)14-16-4-3-5-17-14/h3-5H,6-12H2,1-2H3/t15-/m0/s1. The van der Waals surface area contributed by atoms with Gasteiger partial charge in [-0.15, -0.1) is 0 Å². The van der Waals surface area contributed by atoms with E-state index in [1.165, 1.54) is 0 Å². The molecule has 2 saturated heterocycles. The molecule has 22 heavy (non-hydrogen) atoms. The van der Waals surface area contributed by atoms with E-state index in [1.54, 1.807) is 18.5 Å². The van der Waals surface area contributed by atoms with E-state index in [4.69, 9.17) is 4.74 Å². The van der Waals surface area contributed by atoms with Crippen molar-refractivity contribution in [1.82, 2.24) is 19.8 Å². The molecule has 2 aliphatic heterocycles. The van der Waals surface area contributed by atoms with Gasteiger partial charge in [-0.2, -0.15) is 0 Å². The number of amides is 1. The lowest BCUT2D eigenvalue weighted by Crippen LogP contribution is -2.61. The fourth-order valence-electron chi connectivity index (χ4n) is 3.09. The molecule has 1 amide bonds. The van der Waals surface area contributed by atoms with Gasteiger partial charge in [0.1, 0.15) is 0 Å². The number of carbonyl (C=O) groups is 1. The fourth-order valence-corrected chi connectivity index (χ4v) is 3.09. The maximum absolute atomic E-state index is 12.8. The Morgan fingerprint density at radius 2 is 1.86 bits per heavy atom. The monoisotopic (exact) mass is 305 g/mol. The van der Waals surface area contributed by atoms with Gasteiger partial charge in [-0.05, 0) is 20.0 Å². The van der Waals surface area contributed by atoms with E-state index < -0.39 is 5.60 Å². The van der Waals surface area contributed by atoms with Crippen LogP contribution in [0, 0.1) is 0 Å². The highest BCUT2D eigenvalue weighted by Crippen LogP contribution is 2.21. The van der Waals surface area contributed by atoms with Crippen LogP contribution in [0.25, 0.3) is 0 Å². The first-order valence-corrected chi connectivity index (χ1v) is 7.72. The van der Waals surface area contributed by atoms with Crippen molar-refractivity contribution in [3.8, 4) is 0 Å². The third-order valence-corrected chi connectivity index (χ3v) is 4.32. The molecule has 0 radical (unpaired) electrons. The minimum Gasteiger partial charge on any atom is -0.363 e. The van der Waals surface area contributed by atoms with Gasteiger partial charge in [-0.3, -0.25) is 4.79 Å². The van der Waals surface area contributed by atoms with Crippen molar-refractivity contribution in [3.05, 3.63) is 18.5 Å². The second kappa shape index (κ2) is 6.18. The van der Waals surface area contributed by atoms with Crippen LogP contribution in [0.5, 0.6) is 0 Å². The van der Waals surface area contributed by atoms with Crippen molar-refractivity contribution >= 4 is 11.9 Å². The predicted octanol–water partition coefficient (Wildman–Crippen LogP) is -0.154. The molecule has 0 saturated carbocycles. The van der Waals surface area contributed by atoms with Crippen LogP contribution in [0.15, 0.2) is 18.5 Å². The van der Waals surface area contributed by atoms with E-state index in [2.05, 4.69) is 19.8 Å². The maximum Gasteiger partial charge on any atom is 0.255 e. The van der Waals surface area contributed by atoms with Crippen LogP contribution < -0.4 is 4.90 Å². The average molecular weight is 305 g/mol. The van der Waals surface area contributed by atoms with Crippen molar-refractivity contribution in [2.75, 3.05) is 57.8 Å². The first-order chi connectivity index (χ1) is 10.6. The number of aromatic nitrogens is 2. The Kier molecular flexibility index (Phi) is 4.26. The van der Waals surface area contributed by atoms with E-state index in [9.17, 15) is 4.79 Å². The highest BCUT2D eigenvalue weighted by molar-refractivity contribution is 5.85. The molecule has 0 N–H and O–H groups in total. The molecular weight excluding hydrogens is 282 g/mol. The molecule has 1 atom stereocenters. The zero-order valence-corrected chi connectivity index (χ0v) is 13.2. The summed E-state index contributed by atoms with van der Waals surface area (Å²) in [5, 5.41) is 0. The molecule has 0 bridgehead atoms. The lowest BCUT2D eigenvalue weighted by Gasteiger charge is -2.43. The molecule has 3 rings (SSSR count). The Balaban J connectivity index is 1.60. The molecular formula is C15H23N5O2. The average Bonchev–Trinajstić information content (AvgIpc) is 2.55. The van der Waals surface area contributed by atoms with E-state index in [0.29, 0.717) is 26.2 Å². The van der Waals surface area contributed by atoms with Crippen LogP contribution in [-0.4, -0.2) is 84.2 Å². The van der Waals surface area contributed by atoms with Gasteiger partial charge in [0.15, 0.2) is 5.60 Å². The Bertz CT molecular complexity index is 518. The number of rotatable bonds is 2. The number of hydrogen-bond acceptors (Lipinski definition) is 6. The normalized spacial score (nSPS) is 27.0. The van der Waals surface area contributed by atoms with E-state index in [-0.39, 0.29) is 5.91 Å². The number of hydrogen-bond donors (Lipinski definition) is 0. The minimum absolute atomic E-state index is 0.0904. The first-order valence-electron chi connectivity index (χ1n) is 7.72. The summed E-state index contributed by atoms with van der Waals surface area (Å²) in [6, 6.07) is 1.81. The minimum atomic E-state index is -0.724. The maximum atomic E-state index is 12.8. The van der Waals surface area contributed by atoms with Crippen LogP contribution in [0.3, 0.4) is 0 Å². The summed E-state index contributed by atoms with van der Waals surface area (Å²) in [5.74, 6) is 0.821. The second-order valence-corrected chi connectivity index (χ2v) is 6.15. The van der Waals surface area contributed by atoms with Gasteiger partial charge in [-0.25, -0.2) is 9.97 Å². The predicted molar refractivity (Wildman–Crippen MR) is 82.7 cm³/mol. The Labute approximate surface area is 130 Å². The third-order valence-electron chi connectivity index (χ3n) is 4.32. The van der Waals surface area contributed by atoms with Gasteiger partial charge in [0.25, 0.3) is 5.91 Å². The number of morpholine rings is 1. The number of piperazine rings is 1. The molecule has 1 aromatic heterocycles. The van der Waals surface area contributed by atoms with Crippen LogP contribution in [0.4, 0.5) is 5.95 Å². The summed E-state index contributed by atoms with van der Waals surface area (Å²) < 4.78 is 5.79. The molecule has 7 nitrogen and oxygen atoms in total. The molecule has 7 heteroatoms. The highest BCUT2D eigenvalue weighted by Gasteiger charge is 2.41. The smallest absolute Gasteiger partial charge is 0.255 e. The topological polar surface area (TPSA) is 61.8 Å². The summed E-state index contributed by atoms with van der Waals surface area (Å²) in [7, 11) is 2.03. The number of nitrogens with zero attached hydrogens (tertiary/aromatic N) is 5. The summed E-state index contributed by atoms with van der Waals surface area (Å²) in [4.78, 5) is 27.5. The van der Waals surface area contributed by atoms with Gasteiger partial charge >= 0.3 is 0 Å². The summed E-state index contributed by atoms with van der Waals surface area (Å²) >= 11 is 0.